The van der Waals surface area contributed by atoms with E-state index in [4.69, 9.17) is 15.5 Å². The number of hydrogen-bond donors (Lipinski definition) is 3. The Morgan fingerprint density at radius 1 is 1.50 bits per heavy atom. The molecule has 0 bridgehead atoms. The van der Waals surface area contributed by atoms with E-state index >= 15 is 0 Å². The molecule has 7 nitrogen and oxygen atoms in total. The van der Waals surface area contributed by atoms with E-state index in [1.807, 2.05) is 0 Å². The minimum Gasteiger partial charge on any atom is -0.409 e. The quantitative estimate of drug-likeness (QED) is 0.343. The number of nitrogens with zero attached hydrogens (tertiary/aromatic N) is 2. The Kier molecular flexibility index (Phi) is 4.04. The first kappa shape index (κ1) is 14.1. The summed E-state index contributed by atoms with van der Waals surface area (Å²) < 4.78 is 5.46. The third-order valence-corrected chi connectivity index (χ3v) is 3.13. The number of anilines is 1. The number of carbonyl (C=O) groups is 1. The number of nitrogens with two attached hydrogens (primary N) is 1. The summed E-state index contributed by atoms with van der Waals surface area (Å²) in [6.45, 7) is 1.72. The Morgan fingerprint density at radius 3 is 2.80 bits per heavy atom. The summed E-state index contributed by atoms with van der Waals surface area (Å²) in [5, 5.41) is 17.8. The normalized spacial score (nSPS) is 11.4. The van der Waals surface area contributed by atoms with E-state index < -0.39 is 5.91 Å². The van der Waals surface area contributed by atoms with Gasteiger partial charge in [-0.15, -0.1) is 0 Å². The molecule has 8 heteroatoms. The van der Waals surface area contributed by atoms with Crippen molar-refractivity contribution in [3.05, 3.63) is 45.8 Å². The molecule has 0 aliphatic carbocycles. The van der Waals surface area contributed by atoms with Crippen molar-refractivity contribution >= 4 is 33.4 Å². The summed E-state index contributed by atoms with van der Waals surface area (Å²) in [7, 11) is 0. The van der Waals surface area contributed by atoms with Gasteiger partial charge in [0.1, 0.15) is 0 Å². The molecule has 0 saturated carbocycles. The highest BCUT2D eigenvalue weighted by Crippen LogP contribution is 2.24. The van der Waals surface area contributed by atoms with Crippen LogP contribution >= 0.6 is 15.9 Å². The number of aromatic nitrogens is 1. The number of aryl methyl sites for hydroxylation is 1. The molecule has 0 fully saturated rings. The summed E-state index contributed by atoms with van der Waals surface area (Å²) >= 11 is 3.30. The lowest BCUT2D eigenvalue weighted by molar-refractivity contribution is 0.0988. The van der Waals surface area contributed by atoms with Crippen molar-refractivity contribution in [2.24, 2.45) is 10.9 Å². The Bertz CT molecular complexity index is 681. The molecule has 1 aromatic carbocycles. The average Bonchev–Trinajstić information content (AvgIpc) is 2.86. The fourth-order valence-corrected chi connectivity index (χ4v) is 1.97. The van der Waals surface area contributed by atoms with Crippen LogP contribution in [0.3, 0.4) is 0 Å². The van der Waals surface area contributed by atoms with Gasteiger partial charge < -0.3 is 20.8 Å². The number of rotatable bonds is 3. The standard InChI is InChI=1S/C12H11BrN4O3/c1-6-4-10(20-17-6)12(18)15-9-3-2-7(5-8(9)13)11(14)16-19/h2-5,19H,1H3,(H2,14,16)(H,15,18). The maximum Gasteiger partial charge on any atom is 0.294 e. The van der Waals surface area contributed by atoms with Gasteiger partial charge in [-0.1, -0.05) is 10.3 Å². The molecule has 1 aromatic heterocycles. The van der Waals surface area contributed by atoms with Gasteiger partial charge in [-0.3, -0.25) is 4.79 Å². The third kappa shape index (κ3) is 2.97. The largest absolute Gasteiger partial charge is 0.409 e. The minimum absolute atomic E-state index is 0.0190. The van der Waals surface area contributed by atoms with Crippen molar-refractivity contribution in [3.8, 4) is 0 Å². The van der Waals surface area contributed by atoms with Gasteiger partial charge in [0, 0.05) is 16.1 Å². The maximum absolute atomic E-state index is 11.9. The van der Waals surface area contributed by atoms with Crippen LogP contribution in [0.25, 0.3) is 0 Å². The highest BCUT2D eigenvalue weighted by Gasteiger charge is 2.13. The average molecular weight is 339 g/mol. The smallest absolute Gasteiger partial charge is 0.294 e. The molecule has 0 spiro atoms. The van der Waals surface area contributed by atoms with Gasteiger partial charge in [0.15, 0.2) is 5.84 Å². The second kappa shape index (κ2) is 5.74. The number of amides is 1. The number of hydrogen-bond acceptors (Lipinski definition) is 5. The van der Waals surface area contributed by atoms with Crippen LogP contribution in [-0.4, -0.2) is 22.1 Å². The van der Waals surface area contributed by atoms with Gasteiger partial charge >= 0.3 is 0 Å². The molecule has 1 amide bonds. The van der Waals surface area contributed by atoms with Crippen molar-refractivity contribution in [2.45, 2.75) is 6.92 Å². The molecule has 1 heterocycles. The first-order chi connectivity index (χ1) is 9.51. The molecule has 4 N–H and O–H groups in total. The van der Waals surface area contributed by atoms with Crippen LogP contribution in [0.1, 0.15) is 21.8 Å². The lowest BCUT2D eigenvalue weighted by atomic mass is 10.2. The van der Waals surface area contributed by atoms with Crippen LogP contribution in [0.2, 0.25) is 0 Å². The number of amidine groups is 1. The minimum atomic E-state index is -0.414. The number of carbonyl (C=O) groups excluding carboxylic acids is 1. The number of oxime groups is 1. The van der Waals surface area contributed by atoms with Crippen molar-refractivity contribution < 1.29 is 14.5 Å². The highest BCUT2D eigenvalue weighted by atomic mass is 79.9. The molecule has 0 aliphatic heterocycles. The van der Waals surface area contributed by atoms with Crippen molar-refractivity contribution in [2.75, 3.05) is 5.32 Å². The van der Waals surface area contributed by atoms with Gasteiger partial charge in [-0.2, -0.15) is 0 Å². The van der Waals surface area contributed by atoms with Crippen LogP contribution in [0.4, 0.5) is 5.69 Å². The topological polar surface area (TPSA) is 114 Å². The van der Waals surface area contributed by atoms with Crippen LogP contribution in [-0.2, 0) is 0 Å². The molecule has 2 aromatic rings. The maximum atomic E-state index is 11.9. The molecule has 104 valence electrons. The summed E-state index contributed by atoms with van der Waals surface area (Å²) in [5.41, 5.74) is 7.15. The molecule has 2 rings (SSSR count). The molecular formula is C12H11BrN4O3. The third-order valence-electron chi connectivity index (χ3n) is 2.47. The zero-order valence-corrected chi connectivity index (χ0v) is 12.0. The Morgan fingerprint density at radius 2 is 2.25 bits per heavy atom. The predicted molar refractivity (Wildman–Crippen MR) is 75.8 cm³/mol. The van der Waals surface area contributed by atoms with Crippen LogP contribution in [0, 0.1) is 6.92 Å². The van der Waals surface area contributed by atoms with Gasteiger partial charge in [0.2, 0.25) is 5.76 Å². The van der Waals surface area contributed by atoms with E-state index in [-0.39, 0.29) is 11.6 Å². The SMILES string of the molecule is Cc1cc(C(=O)Nc2ccc(/C(N)=N/O)cc2Br)on1. The van der Waals surface area contributed by atoms with Gasteiger partial charge in [0.25, 0.3) is 5.91 Å². The first-order valence-corrected chi connectivity index (χ1v) is 6.32. The summed E-state index contributed by atoms with van der Waals surface area (Å²) in [4.78, 5) is 11.9. The highest BCUT2D eigenvalue weighted by molar-refractivity contribution is 9.10. The Labute approximate surface area is 122 Å². The van der Waals surface area contributed by atoms with Crippen LogP contribution in [0.5, 0.6) is 0 Å². The van der Waals surface area contributed by atoms with Gasteiger partial charge in [-0.25, -0.2) is 0 Å². The fraction of sp³-hybridized carbons (Fsp3) is 0.0833. The van der Waals surface area contributed by atoms with Crippen LogP contribution < -0.4 is 11.1 Å². The van der Waals surface area contributed by atoms with E-state index in [1.54, 1.807) is 25.1 Å². The number of halogens is 1. The van der Waals surface area contributed by atoms with E-state index in [0.717, 1.165) is 0 Å². The molecular weight excluding hydrogens is 328 g/mol. The second-order valence-electron chi connectivity index (χ2n) is 3.97. The zero-order chi connectivity index (χ0) is 14.7. The fourth-order valence-electron chi connectivity index (χ4n) is 1.49. The van der Waals surface area contributed by atoms with Crippen molar-refractivity contribution in [1.82, 2.24) is 5.16 Å². The summed E-state index contributed by atoms with van der Waals surface area (Å²) in [6, 6.07) is 6.39. The molecule has 0 unspecified atom stereocenters. The number of benzene rings is 1. The molecule has 0 atom stereocenters. The summed E-state index contributed by atoms with van der Waals surface area (Å²) in [6.07, 6.45) is 0. The lowest BCUT2D eigenvalue weighted by Gasteiger charge is -2.07. The van der Waals surface area contributed by atoms with Crippen molar-refractivity contribution in [3.63, 3.8) is 0 Å². The van der Waals surface area contributed by atoms with Gasteiger partial charge in [0.05, 0.1) is 11.4 Å². The molecule has 0 aliphatic rings. The first-order valence-electron chi connectivity index (χ1n) is 5.53. The Hall–Kier alpha value is -2.35. The molecule has 0 radical (unpaired) electrons. The van der Waals surface area contributed by atoms with E-state index in [1.165, 1.54) is 6.07 Å². The van der Waals surface area contributed by atoms with E-state index in [2.05, 4.69) is 31.6 Å². The molecule has 20 heavy (non-hydrogen) atoms. The van der Waals surface area contributed by atoms with E-state index in [9.17, 15) is 4.79 Å². The molecule has 0 saturated heterocycles. The van der Waals surface area contributed by atoms with Gasteiger partial charge in [-0.05, 0) is 41.1 Å². The van der Waals surface area contributed by atoms with Crippen LogP contribution in [0.15, 0.2) is 38.4 Å². The Balaban J connectivity index is 2.20. The zero-order valence-electron chi connectivity index (χ0n) is 10.4. The summed E-state index contributed by atoms with van der Waals surface area (Å²) in [5.74, 6) is -0.313. The lowest BCUT2D eigenvalue weighted by Crippen LogP contribution is -2.14. The second-order valence-corrected chi connectivity index (χ2v) is 4.82. The monoisotopic (exact) mass is 338 g/mol. The predicted octanol–water partition coefficient (Wildman–Crippen LogP) is 2.09. The van der Waals surface area contributed by atoms with E-state index in [0.29, 0.717) is 21.4 Å². The number of nitrogens with one attached hydrogen (secondary N) is 1. The van der Waals surface area contributed by atoms with Crippen molar-refractivity contribution in [1.29, 1.82) is 0 Å².